The summed E-state index contributed by atoms with van der Waals surface area (Å²) < 4.78 is 35.8. The van der Waals surface area contributed by atoms with E-state index in [4.69, 9.17) is 4.89 Å². The molecule has 1 N–H and O–H groups in total. The van der Waals surface area contributed by atoms with Crippen LogP contribution in [0.25, 0.3) is 0 Å². The van der Waals surface area contributed by atoms with Crippen molar-refractivity contribution in [3.8, 4) is 0 Å². The van der Waals surface area contributed by atoms with Gasteiger partial charge in [-0.05, 0) is 17.8 Å². The summed E-state index contributed by atoms with van der Waals surface area (Å²) in [5, 5.41) is 0. The number of rotatable bonds is 4. The molecule has 0 aliphatic heterocycles. The lowest BCUT2D eigenvalue weighted by molar-refractivity contribution is -0.182. The van der Waals surface area contributed by atoms with Crippen LogP contribution in [0.5, 0.6) is 0 Å². The Hall–Kier alpha value is 0.230. The Balaban J connectivity index is 4.12. The molecule has 11 heavy (non-hydrogen) atoms. The van der Waals surface area contributed by atoms with Crippen molar-refractivity contribution in [3.05, 3.63) is 0 Å². The second-order valence-electron chi connectivity index (χ2n) is 1.08. The van der Waals surface area contributed by atoms with Gasteiger partial charge in [-0.15, -0.1) is 0 Å². The molecule has 0 bridgehead atoms. The van der Waals surface area contributed by atoms with Crippen LogP contribution in [0.15, 0.2) is 0 Å². The van der Waals surface area contributed by atoms with Crippen LogP contribution in [0, 0.1) is 0 Å². The van der Waals surface area contributed by atoms with Crippen LogP contribution < -0.4 is 9.79 Å². The van der Waals surface area contributed by atoms with Crippen LogP contribution in [0.4, 0.5) is 0 Å². The molecule has 64 valence electrons. The van der Waals surface area contributed by atoms with E-state index in [0.29, 0.717) is 0 Å². The highest BCUT2D eigenvalue weighted by molar-refractivity contribution is 7.60. The molecule has 0 amide bonds. The Labute approximate surface area is 62.3 Å². The zero-order chi connectivity index (χ0) is 9.07. The highest BCUT2D eigenvalue weighted by Gasteiger charge is 2.36. The third kappa shape index (κ3) is 6.62. The molecule has 0 saturated heterocycles. The Bertz CT molecular complexity index is 195. The third-order valence-electron chi connectivity index (χ3n) is 0.340. The summed E-state index contributed by atoms with van der Waals surface area (Å²) in [6, 6.07) is 0. The first kappa shape index (κ1) is 11.2. The van der Waals surface area contributed by atoms with Gasteiger partial charge in [0, 0.05) is 0 Å². The van der Waals surface area contributed by atoms with Crippen molar-refractivity contribution in [1.29, 1.82) is 0 Å². The molecule has 11 heteroatoms. The van der Waals surface area contributed by atoms with Gasteiger partial charge in [-0.3, -0.25) is 4.89 Å². The first-order valence-corrected chi connectivity index (χ1v) is 5.53. The summed E-state index contributed by atoms with van der Waals surface area (Å²) in [6.45, 7) is 0. The summed E-state index contributed by atoms with van der Waals surface area (Å²) in [4.78, 5) is 27.4. The summed E-state index contributed by atoms with van der Waals surface area (Å²) in [7, 11) is -12.2. The number of phosphoric acid groups is 1. The monoisotopic (exact) mass is 222 g/mol. The van der Waals surface area contributed by atoms with E-state index in [0.717, 1.165) is 0 Å². The zero-order valence-electron chi connectivity index (χ0n) is 4.65. The Morgan fingerprint density at radius 1 is 1.18 bits per heavy atom. The lowest BCUT2D eigenvalue weighted by atomic mass is 15.7. The minimum absolute atomic E-state index is 3.21. The number of hydrogen-bond acceptors (Lipinski definition) is 7. The fourth-order valence-electron chi connectivity index (χ4n) is 0.183. The molecule has 0 saturated carbocycles. The molecule has 0 radical (unpaired) electrons. The van der Waals surface area contributed by atoms with Gasteiger partial charge >= 0.3 is 24.3 Å². The lowest BCUT2D eigenvalue weighted by Gasteiger charge is -1.95. The summed E-state index contributed by atoms with van der Waals surface area (Å²) in [5.74, 6) is 0. The van der Waals surface area contributed by atoms with Crippen LogP contribution in [-0.4, -0.2) is 4.89 Å². The second-order valence-corrected chi connectivity index (χ2v) is 4.22. The predicted octanol–water partition coefficient (Wildman–Crippen LogP) is -0.845. The van der Waals surface area contributed by atoms with E-state index in [1.54, 1.807) is 0 Å². The molecule has 8 nitrogen and oxygen atoms in total. The van der Waals surface area contributed by atoms with Crippen LogP contribution in [0.3, 0.4) is 0 Å². The molecular weight excluding hydrogens is 221 g/mol. The Morgan fingerprint density at radius 3 is 1.64 bits per heavy atom. The minimum atomic E-state index is -5.00. The van der Waals surface area contributed by atoms with E-state index < -0.39 is 24.3 Å². The largest absolute Gasteiger partial charge is 0.566 e. The average molecular weight is 222 g/mol. The van der Waals surface area contributed by atoms with Gasteiger partial charge < -0.3 is 9.79 Å². The Kier molecular flexibility index (Phi) is 4.39. The van der Waals surface area contributed by atoms with E-state index >= 15 is 0 Å². The van der Waals surface area contributed by atoms with Gasteiger partial charge in [0.05, 0.1) is 0 Å². The van der Waals surface area contributed by atoms with Gasteiger partial charge in [-0.1, -0.05) is 0 Å². The van der Waals surface area contributed by atoms with E-state index in [-0.39, 0.29) is 0 Å². The maximum atomic E-state index is 10.2. The van der Waals surface area contributed by atoms with Crippen molar-refractivity contribution in [3.63, 3.8) is 0 Å². The van der Waals surface area contributed by atoms with Crippen molar-refractivity contribution in [1.82, 2.24) is 0 Å². The second kappa shape index (κ2) is 4.30. The topological polar surface area (TPSA) is 136 Å². The van der Waals surface area contributed by atoms with Gasteiger partial charge in [0.2, 0.25) is 0 Å². The van der Waals surface area contributed by atoms with Gasteiger partial charge in [-0.25, -0.2) is 4.57 Å². The van der Waals surface area contributed by atoms with Crippen LogP contribution in [0.2, 0.25) is 0 Å². The van der Waals surface area contributed by atoms with Gasteiger partial charge in [-0.2, -0.15) is 0 Å². The highest BCUT2D eigenvalue weighted by Crippen LogP contribution is 2.54. The molecule has 0 aliphatic rings. The molecule has 0 aliphatic carbocycles. The first-order valence-electron chi connectivity index (χ1n) is 1.84. The fraction of sp³-hybridized carbons (Fsp3) is 0. The summed E-state index contributed by atoms with van der Waals surface area (Å²) in [6.07, 6.45) is 0. The SMILES string of the molecule is O=[P+]([O-])OP(=O)(O)O[P+](=O)[O-]. The molecule has 2 unspecified atom stereocenters. The third-order valence-corrected chi connectivity index (χ3v) is 3.06. The van der Waals surface area contributed by atoms with Gasteiger partial charge in [0.25, 0.3) is 0 Å². The smallest absolute Gasteiger partial charge is 0.557 e. The molecule has 0 aromatic heterocycles. The minimum Gasteiger partial charge on any atom is -0.566 e. The summed E-state index contributed by atoms with van der Waals surface area (Å²) in [5.41, 5.74) is 0. The van der Waals surface area contributed by atoms with Crippen molar-refractivity contribution in [2.75, 3.05) is 0 Å². The van der Waals surface area contributed by atoms with E-state index in [1.807, 2.05) is 0 Å². The van der Waals surface area contributed by atoms with Crippen LogP contribution in [0.1, 0.15) is 0 Å². The Morgan fingerprint density at radius 2 is 1.45 bits per heavy atom. The van der Waals surface area contributed by atoms with E-state index in [1.165, 1.54) is 0 Å². The van der Waals surface area contributed by atoms with Crippen molar-refractivity contribution >= 4 is 24.3 Å². The molecule has 0 spiro atoms. The lowest BCUT2D eigenvalue weighted by Crippen LogP contribution is -1.94. The maximum absolute atomic E-state index is 10.2. The quantitative estimate of drug-likeness (QED) is 0.607. The first-order chi connectivity index (χ1) is 4.83. The maximum Gasteiger partial charge on any atom is 0.557 e. The predicted molar refractivity (Wildman–Crippen MR) is 27.2 cm³/mol. The number of hydrogen-bond donors (Lipinski definition) is 1. The van der Waals surface area contributed by atoms with Gasteiger partial charge in [0.1, 0.15) is 0 Å². The fourth-order valence-corrected chi connectivity index (χ4v) is 1.92. The molecule has 2 atom stereocenters. The van der Waals surface area contributed by atoms with Crippen LogP contribution >= 0.6 is 24.3 Å². The molecule has 0 aromatic rings. The normalized spacial score (nSPS) is 18.8. The molecule has 0 heterocycles. The average Bonchev–Trinajstić information content (AvgIpc) is 1.53. The standard InChI is InChI=1S/HO8P3/c1-9(2)7-11(5,6)8-10(3)4/h(H,5,6). The zero-order valence-corrected chi connectivity index (χ0v) is 7.33. The van der Waals surface area contributed by atoms with Crippen molar-refractivity contribution in [2.24, 2.45) is 0 Å². The van der Waals surface area contributed by atoms with Crippen molar-refractivity contribution < 1.29 is 37.0 Å². The highest BCUT2D eigenvalue weighted by atomic mass is 31.3. The van der Waals surface area contributed by atoms with Crippen molar-refractivity contribution in [2.45, 2.75) is 0 Å². The van der Waals surface area contributed by atoms with E-state index in [2.05, 4.69) is 8.62 Å². The molecule has 0 fully saturated rings. The molecular formula is HO8P3. The van der Waals surface area contributed by atoms with Crippen LogP contribution in [-0.2, 0) is 22.3 Å². The van der Waals surface area contributed by atoms with E-state index in [9.17, 15) is 23.5 Å². The molecule has 0 rings (SSSR count). The molecule has 0 aromatic carbocycles. The summed E-state index contributed by atoms with van der Waals surface area (Å²) >= 11 is 0. The van der Waals surface area contributed by atoms with Gasteiger partial charge in [0.15, 0.2) is 0 Å².